The first-order valence-electron chi connectivity index (χ1n) is 5.80. The van der Waals surface area contributed by atoms with E-state index in [0.29, 0.717) is 12.4 Å². The highest BCUT2D eigenvalue weighted by molar-refractivity contribution is 5.93. The number of aromatic nitrogens is 2. The van der Waals surface area contributed by atoms with Crippen LogP contribution in [-0.2, 0) is 11.3 Å². The van der Waals surface area contributed by atoms with E-state index in [1.165, 1.54) is 0 Å². The number of hydrogen-bond donors (Lipinski definition) is 2. The zero-order valence-electron chi connectivity index (χ0n) is 10.2. The zero-order chi connectivity index (χ0) is 13.0. The van der Waals surface area contributed by atoms with Gasteiger partial charge in [0.1, 0.15) is 11.9 Å². The second kappa shape index (κ2) is 5.46. The largest absolute Gasteiger partial charge is 0.324 e. The molecule has 0 saturated carbocycles. The molecule has 0 saturated heterocycles. The Kier molecular flexibility index (Phi) is 3.74. The lowest BCUT2D eigenvalue weighted by Crippen LogP contribution is -2.25. The first kappa shape index (κ1) is 12.3. The minimum absolute atomic E-state index is 0.0890. The van der Waals surface area contributed by atoms with Crippen LogP contribution >= 0.6 is 0 Å². The summed E-state index contributed by atoms with van der Waals surface area (Å²) in [6.45, 7) is 2.13. The number of hydrogen-bond acceptors (Lipinski definition) is 3. The van der Waals surface area contributed by atoms with Crippen molar-refractivity contribution in [3.8, 4) is 0 Å². The summed E-state index contributed by atoms with van der Waals surface area (Å²) in [6, 6.07) is 9.02. The van der Waals surface area contributed by atoms with Crippen LogP contribution in [0.25, 0.3) is 0 Å². The molecule has 0 radical (unpaired) electrons. The average Bonchev–Trinajstić information content (AvgIpc) is 2.87. The van der Waals surface area contributed by atoms with Gasteiger partial charge in [-0.15, -0.1) is 0 Å². The molecule has 0 aliphatic heterocycles. The van der Waals surface area contributed by atoms with Gasteiger partial charge in [-0.25, -0.2) is 4.98 Å². The van der Waals surface area contributed by atoms with Crippen molar-refractivity contribution < 1.29 is 4.79 Å². The highest BCUT2D eigenvalue weighted by Crippen LogP contribution is 2.13. The van der Waals surface area contributed by atoms with Gasteiger partial charge in [0.2, 0.25) is 5.91 Å². The van der Waals surface area contributed by atoms with Crippen molar-refractivity contribution >= 4 is 11.6 Å². The van der Waals surface area contributed by atoms with Crippen LogP contribution < -0.4 is 11.1 Å². The van der Waals surface area contributed by atoms with Gasteiger partial charge in [-0.1, -0.05) is 18.2 Å². The molecule has 18 heavy (non-hydrogen) atoms. The molecule has 1 unspecified atom stereocenters. The summed E-state index contributed by atoms with van der Waals surface area (Å²) in [6.07, 6.45) is 3.41. The monoisotopic (exact) mass is 244 g/mol. The molecule has 1 heterocycles. The van der Waals surface area contributed by atoms with E-state index >= 15 is 0 Å². The van der Waals surface area contributed by atoms with Crippen LogP contribution in [0, 0.1) is 0 Å². The standard InChI is InChI=1S/C13H16N4O/c1-10(17-8-7-15-12(17)9-14)13(18)16-11-5-3-2-4-6-11/h2-8,10H,9,14H2,1H3,(H,16,18). The molecule has 0 bridgehead atoms. The Balaban J connectivity index is 2.10. The third kappa shape index (κ3) is 2.57. The van der Waals surface area contributed by atoms with Gasteiger partial charge in [0.25, 0.3) is 0 Å². The first-order valence-corrected chi connectivity index (χ1v) is 5.80. The molecule has 0 fully saturated rings. The highest BCUT2D eigenvalue weighted by atomic mass is 16.2. The van der Waals surface area contributed by atoms with Crippen LogP contribution in [0.15, 0.2) is 42.7 Å². The summed E-state index contributed by atoms with van der Waals surface area (Å²) in [4.78, 5) is 16.2. The Morgan fingerprint density at radius 1 is 1.44 bits per heavy atom. The zero-order valence-corrected chi connectivity index (χ0v) is 10.2. The summed E-state index contributed by atoms with van der Waals surface area (Å²) >= 11 is 0. The second-order valence-corrected chi connectivity index (χ2v) is 3.99. The van der Waals surface area contributed by atoms with Gasteiger partial charge in [-0.3, -0.25) is 4.79 Å². The Morgan fingerprint density at radius 2 is 2.17 bits per heavy atom. The van der Waals surface area contributed by atoms with Crippen molar-refractivity contribution in [1.29, 1.82) is 0 Å². The van der Waals surface area contributed by atoms with E-state index in [0.717, 1.165) is 5.69 Å². The molecule has 5 heteroatoms. The molecule has 94 valence electrons. The fourth-order valence-corrected chi connectivity index (χ4v) is 1.75. The molecule has 2 rings (SSSR count). The number of carbonyl (C=O) groups excluding carboxylic acids is 1. The maximum Gasteiger partial charge on any atom is 0.247 e. The summed E-state index contributed by atoms with van der Waals surface area (Å²) in [5.41, 5.74) is 6.35. The van der Waals surface area contributed by atoms with Gasteiger partial charge in [-0.2, -0.15) is 0 Å². The van der Waals surface area contributed by atoms with E-state index < -0.39 is 0 Å². The van der Waals surface area contributed by atoms with E-state index in [1.54, 1.807) is 17.0 Å². The normalized spacial score (nSPS) is 12.1. The van der Waals surface area contributed by atoms with Gasteiger partial charge in [0, 0.05) is 18.1 Å². The number of benzene rings is 1. The minimum atomic E-state index is -0.341. The fourth-order valence-electron chi connectivity index (χ4n) is 1.75. The SMILES string of the molecule is CC(C(=O)Nc1ccccc1)n1ccnc1CN. The molecule has 1 aromatic heterocycles. The van der Waals surface area contributed by atoms with Crippen molar-refractivity contribution in [2.24, 2.45) is 5.73 Å². The number of para-hydroxylation sites is 1. The maximum absolute atomic E-state index is 12.1. The van der Waals surface area contributed by atoms with E-state index in [1.807, 2.05) is 37.3 Å². The number of imidazole rings is 1. The number of carbonyl (C=O) groups is 1. The number of anilines is 1. The van der Waals surface area contributed by atoms with Gasteiger partial charge < -0.3 is 15.6 Å². The molecular weight excluding hydrogens is 228 g/mol. The van der Waals surface area contributed by atoms with Gasteiger partial charge in [0.15, 0.2) is 0 Å². The van der Waals surface area contributed by atoms with Crippen molar-refractivity contribution in [3.05, 3.63) is 48.5 Å². The summed E-state index contributed by atoms with van der Waals surface area (Å²) in [7, 11) is 0. The lowest BCUT2D eigenvalue weighted by atomic mass is 10.2. The van der Waals surface area contributed by atoms with E-state index in [9.17, 15) is 4.79 Å². The lowest BCUT2D eigenvalue weighted by molar-refractivity contribution is -0.118. The van der Waals surface area contributed by atoms with E-state index in [-0.39, 0.29) is 11.9 Å². The van der Waals surface area contributed by atoms with Crippen molar-refractivity contribution in [2.45, 2.75) is 19.5 Å². The number of nitrogens with one attached hydrogen (secondary N) is 1. The quantitative estimate of drug-likeness (QED) is 0.856. The highest BCUT2D eigenvalue weighted by Gasteiger charge is 2.16. The molecule has 2 aromatic rings. The van der Waals surface area contributed by atoms with Crippen LogP contribution in [0.2, 0.25) is 0 Å². The number of nitrogens with zero attached hydrogens (tertiary/aromatic N) is 2. The summed E-state index contributed by atoms with van der Waals surface area (Å²) in [5, 5.41) is 2.85. The van der Waals surface area contributed by atoms with E-state index in [4.69, 9.17) is 5.73 Å². The van der Waals surface area contributed by atoms with Gasteiger partial charge in [0.05, 0.1) is 6.54 Å². The average molecular weight is 244 g/mol. The predicted octanol–water partition coefficient (Wildman–Crippen LogP) is 1.54. The predicted molar refractivity (Wildman–Crippen MR) is 69.9 cm³/mol. The van der Waals surface area contributed by atoms with Crippen LogP contribution in [0.3, 0.4) is 0 Å². The smallest absolute Gasteiger partial charge is 0.247 e. The molecule has 5 nitrogen and oxygen atoms in total. The topological polar surface area (TPSA) is 72.9 Å². The number of nitrogens with two attached hydrogens (primary N) is 1. The van der Waals surface area contributed by atoms with Crippen molar-refractivity contribution in [2.75, 3.05) is 5.32 Å². The van der Waals surface area contributed by atoms with Crippen LogP contribution in [0.1, 0.15) is 18.8 Å². The number of amides is 1. The maximum atomic E-state index is 12.1. The summed E-state index contributed by atoms with van der Waals surface area (Å²) < 4.78 is 1.78. The molecule has 1 amide bonds. The third-order valence-electron chi connectivity index (χ3n) is 2.77. The molecular formula is C13H16N4O. The van der Waals surface area contributed by atoms with Gasteiger partial charge in [-0.05, 0) is 19.1 Å². The van der Waals surface area contributed by atoms with E-state index in [2.05, 4.69) is 10.3 Å². The third-order valence-corrected chi connectivity index (χ3v) is 2.77. The Morgan fingerprint density at radius 3 is 2.83 bits per heavy atom. The Labute approximate surface area is 106 Å². The van der Waals surface area contributed by atoms with Gasteiger partial charge >= 0.3 is 0 Å². The van der Waals surface area contributed by atoms with Crippen LogP contribution in [0.4, 0.5) is 5.69 Å². The van der Waals surface area contributed by atoms with Crippen LogP contribution in [0.5, 0.6) is 0 Å². The molecule has 1 atom stereocenters. The Hall–Kier alpha value is -2.14. The first-order chi connectivity index (χ1) is 8.72. The molecule has 0 aliphatic rings. The lowest BCUT2D eigenvalue weighted by Gasteiger charge is -2.15. The second-order valence-electron chi connectivity index (χ2n) is 3.99. The molecule has 0 spiro atoms. The number of rotatable bonds is 4. The molecule has 3 N–H and O–H groups in total. The Bertz CT molecular complexity index is 521. The minimum Gasteiger partial charge on any atom is -0.324 e. The molecule has 0 aliphatic carbocycles. The summed E-state index contributed by atoms with van der Waals surface area (Å²) in [5.74, 6) is 0.611. The van der Waals surface area contributed by atoms with Crippen LogP contribution in [-0.4, -0.2) is 15.5 Å². The van der Waals surface area contributed by atoms with Crippen molar-refractivity contribution in [1.82, 2.24) is 9.55 Å². The fraction of sp³-hybridized carbons (Fsp3) is 0.231. The van der Waals surface area contributed by atoms with Crippen molar-refractivity contribution in [3.63, 3.8) is 0 Å². The molecule has 1 aromatic carbocycles.